The fraction of sp³-hybridized carbons (Fsp3) is 0.562. The molecular weight excluding hydrogens is 236 g/mol. The van der Waals surface area contributed by atoms with Gasteiger partial charge in [0.1, 0.15) is 0 Å². The van der Waals surface area contributed by atoms with Crippen molar-refractivity contribution in [3.63, 3.8) is 0 Å². The summed E-state index contributed by atoms with van der Waals surface area (Å²) < 4.78 is 0. The Morgan fingerprint density at radius 2 is 2.16 bits per heavy atom. The van der Waals surface area contributed by atoms with E-state index in [9.17, 15) is 4.79 Å². The molecule has 1 aliphatic rings. The fourth-order valence-corrected chi connectivity index (χ4v) is 2.33. The Morgan fingerprint density at radius 1 is 1.37 bits per heavy atom. The van der Waals surface area contributed by atoms with Crippen molar-refractivity contribution in [3.8, 4) is 0 Å². The smallest absolute Gasteiger partial charge is 0.251 e. The number of nitrogens with one attached hydrogen (secondary N) is 2. The summed E-state index contributed by atoms with van der Waals surface area (Å²) in [5.41, 5.74) is 3.33. The summed E-state index contributed by atoms with van der Waals surface area (Å²) in [6, 6.07) is 6.03. The van der Waals surface area contributed by atoms with Crippen LogP contribution in [0.4, 0.5) is 0 Å². The molecular formula is C16H24N2O. The van der Waals surface area contributed by atoms with E-state index in [0.29, 0.717) is 11.8 Å². The Kier molecular flexibility index (Phi) is 4.59. The summed E-state index contributed by atoms with van der Waals surface area (Å²) in [4.78, 5) is 12.3. The van der Waals surface area contributed by atoms with E-state index in [1.807, 2.05) is 12.1 Å². The van der Waals surface area contributed by atoms with Crippen LogP contribution in [0.15, 0.2) is 18.2 Å². The minimum absolute atomic E-state index is 0.0752. The first kappa shape index (κ1) is 14.1. The van der Waals surface area contributed by atoms with Crippen LogP contribution in [-0.4, -0.2) is 19.0 Å². The maximum Gasteiger partial charge on any atom is 0.251 e. The van der Waals surface area contributed by atoms with Gasteiger partial charge in [-0.3, -0.25) is 4.79 Å². The summed E-state index contributed by atoms with van der Waals surface area (Å²) in [6.07, 6.45) is 0.943. The molecule has 0 spiro atoms. The van der Waals surface area contributed by atoms with Crippen molar-refractivity contribution in [1.29, 1.82) is 0 Å². The van der Waals surface area contributed by atoms with Crippen molar-refractivity contribution in [3.05, 3.63) is 34.9 Å². The van der Waals surface area contributed by atoms with Gasteiger partial charge in [-0.25, -0.2) is 0 Å². The van der Waals surface area contributed by atoms with Crippen LogP contribution in [0.3, 0.4) is 0 Å². The van der Waals surface area contributed by atoms with Gasteiger partial charge in [0.15, 0.2) is 0 Å². The van der Waals surface area contributed by atoms with Gasteiger partial charge in [0, 0.05) is 18.7 Å². The molecule has 0 saturated heterocycles. The van der Waals surface area contributed by atoms with Gasteiger partial charge in [-0.2, -0.15) is 0 Å². The third-order valence-electron chi connectivity index (χ3n) is 4.11. The molecule has 3 heteroatoms. The van der Waals surface area contributed by atoms with Crippen LogP contribution in [0.25, 0.3) is 0 Å². The molecule has 1 amide bonds. The Hall–Kier alpha value is -1.35. The normalized spacial score (nSPS) is 16.0. The van der Waals surface area contributed by atoms with Gasteiger partial charge in [-0.15, -0.1) is 0 Å². The quantitative estimate of drug-likeness (QED) is 0.872. The van der Waals surface area contributed by atoms with Crippen molar-refractivity contribution in [1.82, 2.24) is 10.6 Å². The first-order valence-corrected chi connectivity index (χ1v) is 7.19. The lowest BCUT2D eigenvalue weighted by atomic mass is 9.94. The molecule has 2 N–H and O–H groups in total. The van der Waals surface area contributed by atoms with Crippen molar-refractivity contribution in [2.24, 2.45) is 11.8 Å². The van der Waals surface area contributed by atoms with E-state index in [2.05, 4.69) is 37.5 Å². The predicted molar refractivity (Wildman–Crippen MR) is 78.2 cm³/mol. The fourth-order valence-electron chi connectivity index (χ4n) is 2.33. The van der Waals surface area contributed by atoms with E-state index in [4.69, 9.17) is 0 Å². The number of benzene rings is 1. The zero-order chi connectivity index (χ0) is 13.8. The van der Waals surface area contributed by atoms with Crippen molar-refractivity contribution in [2.45, 2.75) is 33.7 Å². The average Bonchev–Trinajstić information content (AvgIpc) is 2.43. The zero-order valence-corrected chi connectivity index (χ0v) is 12.1. The van der Waals surface area contributed by atoms with E-state index in [1.54, 1.807) is 0 Å². The number of fused-ring (bicyclic) bond motifs is 1. The highest BCUT2D eigenvalue weighted by atomic mass is 16.1. The number of amides is 1. The van der Waals surface area contributed by atoms with Gasteiger partial charge in [0.2, 0.25) is 0 Å². The second kappa shape index (κ2) is 6.20. The maximum absolute atomic E-state index is 12.3. The van der Waals surface area contributed by atoms with Crippen LogP contribution in [0.1, 0.15) is 42.3 Å². The third kappa shape index (κ3) is 3.35. The lowest BCUT2D eigenvalue weighted by molar-refractivity contribution is 0.0943. The minimum Gasteiger partial charge on any atom is -0.352 e. The molecule has 0 bridgehead atoms. The highest BCUT2D eigenvalue weighted by Gasteiger charge is 2.17. The van der Waals surface area contributed by atoms with Crippen molar-refractivity contribution < 1.29 is 4.79 Å². The van der Waals surface area contributed by atoms with Gasteiger partial charge in [0.25, 0.3) is 5.91 Å². The standard InChI is InChI=1S/C16H24N2O/c1-11(2)12(3)9-18-16(19)15-6-4-5-13-10-17-8-7-14(13)15/h4-6,11-12,17H,7-10H2,1-3H3,(H,18,19). The molecule has 0 radical (unpaired) electrons. The van der Waals surface area contributed by atoms with E-state index in [1.165, 1.54) is 11.1 Å². The van der Waals surface area contributed by atoms with Crippen LogP contribution in [0, 0.1) is 11.8 Å². The van der Waals surface area contributed by atoms with Crippen LogP contribution in [0.2, 0.25) is 0 Å². The van der Waals surface area contributed by atoms with E-state index in [0.717, 1.165) is 31.6 Å². The molecule has 1 aromatic carbocycles. The SMILES string of the molecule is CC(C)C(C)CNC(=O)c1cccc2c1CCNC2. The summed E-state index contributed by atoms with van der Waals surface area (Å²) in [6.45, 7) is 9.13. The molecule has 1 atom stereocenters. The zero-order valence-electron chi connectivity index (χ0n) is 12.1. The molecule has 19 heavy (non-hydrogen) atoms. The summed E-state index contributed by atoms with van der Waals surface area (Å²) in [5, 5.41) is 6.41. The van der Waals surface area contributed by atoms with Gasteiger partial charge < -0.3 is 10.6 Å². The molecule has 3 nitrogen and oxygen atoms in total. The Morgan fingerprint density at radius 3 is 2.89 bits per heavy atom. The summed E-state index contributed by atoms with van der Waals surface area (Å²) in [5.74, 6) is 1.17. The van der Waals surface area contributed by atoms with Crippen LogP contribution < -0.4 is 10.6 Å². The van der Waals surface area contributed by atoms with Gasteiger partial charge in [-0.1, -0.05) is 32.9 Å². The van der Waals surface area contributed by atoms with Crippen LogP contribution >= 0.6 is 0 Å². The van der Waals surface area contributed by atoms with Crippen molar-refractivity contribution >= 4 is 5.91 Å². The van der Waals surface area contributed by atoms with E-state index >= 15 is 0 Å². The van der Waals surface area contributed by atoms with E-state index < -0.39 is 0 Å². The largest absolute Gasteiger partial charge is 0.352 e. The van der Waals surface area contributed by atoms with Crippen LogP contribution in [0.5, 0.6) is 0 Å². The number of hydrogen-bond acceptors (Lipinski definition) is 2. The molecule has 1 unspecified atom stereocenters. The topological polar surface area (TPSA) is 41.1 Å². The maximum atomic E-state index is 12.3. The van der Waals surface area contributed by atoms with Gasteiger partial charge in [-0.05, 0) is 42.0 Å². The second-order valence-electron chi connectivity index (χ2n) is 5.80. The molecule has 1 aliphatic heterocycles. The number of carbonyl (C=O) groups is 1. The molecule has 0 aromatic heterocycles. The predicted octanol–water partition coefficient (Wildman–Crippen LogP) is 2.35. The monoisotopic (exact) mass is 260 g/mol. The molecule has 1 aromatic rings. The summed E-state index contributed by atoms with van der Waals surface area (Å²) >= 11 is 0. The van der Waals surface area contributed by atoms with E-state index in [-0.39, 0.29) is 5.91 Å². The average molecular weight is 260 g/mol. The lowest BCUT2D eigenvalue weighted by Gasteiger charge is -2.21. The number of carbonyl (C=O) groups excluding carboxylic acids is 1. The first-order valence-electron chi connectivity index (χ1n) is 7.19. The third-order valence-corrected chi connectivity index (χ3v) is 4.11. The molecule has 2 rings (SSSR count). The Labute approximate surface area is 115 Å². The van der Waals surface area contributed by atoms with Gasteiger partial charge in [0.05, 0.1) is 0 Å². The Bertz CT molecular complexity index is 454. The Balaban J connectivity index is 2.07. The molecule has 104 valence electrons. The number of hydrogen-bond donors (Lipinski definition) is 2. The molecule has 0 aliphatic carbocycles. The first-order chi connectivity index (χ1) is 9.09. The second-order valence-corrected chi connectivity index (χ2v) is 5.80. The highest BCUT2D eigenvalue weighted by Crippen LogP contribution is 2.18. The number of rotatable bonds is 4. The van der Waals surface area contributed by atoms with Gasteiger partial charge >= 0.3 is 0 Å². The molecule has 0 fully saturated rings. The molecule has 1 heterocycles. The summed E-state index contributed by atoms with van der Waals surface area (Å²) in [7, 11) is 0. The van der Waals surface area contributed by atoms with Crippen molar-refractivity contribution in [2.75, 3.05) is 13.1 Å². The minimum atomic E-state index is 0.0752. The lowest BCUT2D eigenvalue weighted by Crippen LogP contribution is -2.32. The highest BCUT2D eigenvalue weighted by molar-refractivity contribution is 5.96. The molecule has 0 saturated carbocycles. The van der Waals surface area contributed by atoms with Crippen LogP contribution in [-0.2, 0) is 13.0 Å².